The summed E-state index contributed by atoms with van der Waals surface area (Å²) in [5, 5.41) is 13.9. The van der Waals surface area contributed by atoms with Gasteiger partial charge in [0.25, 0.3) is 0 Å². The average Bonchev–Trinajstić information content (AvgIpc) is 3.15. The fourth-order valence-electron chi connectivity index (χ4n) is 3.81. The topological polar surface area (TPSA) is 93.5 Å². The molecule has 2 aromatic rings. The number of benzene rings is 1. The van der Waals surface area contributed by atoms with Gasteiger partial charge in [-0.05, 0) is 42.9 Å². The second-order valence-electron chi connectivity index (χ2n) is 7.20. The minimum absolute atomic E-state index is 0.0668. The minimum Gasteiger partial charge on any atom is -0.493 e. The molecular formula is C18H23N3O4S. The molecule has 1 aliphatic heterocycles. The average molecular weight is 377 g/mol. The number of aromatic nitrogens is 2. The van der Waals surface area contributed by atoms with E-state index in [1.807, 2.05) is 18.2 Å². The van der Waals surface area contributed by atoms with Crippen LogP contribution in [0.4, 0.5) is 0 Å². The lowest BCUT2D eigenvalue weighted by Gasteiger charge is -2.38. The number of nitrogens with one attached hydrogen (secondary N) is 1. The number of aliphatic hydroxyl groups excluding tert-OH is 1. The van der Waals surface area contributed by atoms with Crippen molar-refractivity contribution >= 4 is 10.0 Å². The van der Waals surface area contributed by atoms with E-state index >= 15 is 0 Å². The number of rotatable bonds is 5. The Morgan fingerprint density at radius 1 is 1.38 bits per heavy atom. The number of ether oxygens (including phenoxy) is 1. The number of nitrogens with zero attached hydrogens (tertiary/aromatic N) is 2. The van der Waals surface area contributed by atoms with Crippen molar-refractivity contribution < 1.29 is 18.3 Å². The van der Waals surface area contributed by atoms with Crippen LogP contribution in [0.25, 0.3) is 0 Å². The summed E-state index contributed by atoms with van der Waals surface area (Å²) in [6.45, 7) is 2.34. The summed E-state index contributed by atoms with van der Waals surface area (Å²) in [5.74, 6) is 0.934. The zero-order chi connectivity index (χ0) is 18.5. The molecule has 140 valence electrons. The number of fused-ring (bicyclic) bond motifs is 1. The van der Waals surface area contributed by atoms with Crippen LogP contribution in [0.15, 0.2) is 29.3 Å². The highest BCUT2D eigenvalue weighted by Crippen LogP contribution is 2.40. The smallest absolute Gasteiger partial charge is 0.244 e. The Bertz CT molecular complexity index is 932. The molecule has 1 saturated carbocycles. The van der Waals surface area contributed by atoms with Crippen LogP contribution in [0.5, 0.6) is 5.75 Å². The number of hydrogen-bond acceptors (Lipinski definition) is 5. The molecule has 7 nitrogen and oxygen atoms in total. The Kier molecular flexibility index (Phi) is 4.29. The van der Waals surface area contributed by atoms with Crippen molar-refractivity contribution in [2.24, 2.45) is 13.0 Å². The van der Waals surface area contributed by atoms with E-state index < -0.39 is 10.0 Å². The first-order valence-corrected chi connectivity index (χ1v) is 10.3. The predicted octanol–water partition coefficient (Wildman–Crippen LogP) is 1.45. The van der Waals surface area contributed by atoms with Gasteiger partial charge >= 0.3 is 0 Å². The summed E-state index contributed by atoms with van der Waals surface area (Å²) >= 11 is 0. The van der Waals surface area contributed by atoms with Gasteiger partial charge in [-0.2, -0.15) is 5.10 Å². The number of hydrogen-bond donors (Lipinski definition) is 2. The van der Waals surface area contributed by atoms with Gasteiger partial charge in [0.15, 0.2) is 0 Å². The molecule has 2 N–H and O–H groups in total. The largest absolute Gasteiger partial charge is 0.493 e. The molecule has 1 atom stereocenters. The van der Waals surface area contributed by atoms with E-state index in [9.17, 15) is 13.5 Å². The van der Waals surface area contributed by atoms with Gasteiger partial charge in [0.2, 0.25) is 10.0 Å². The van der Waals surface area contributed by atoms with Gasteiger partial charge < -0.3 is 9.84 Å². The molecule has 0 radical (unpaired) electrons. The van der Waals surface area contributed by atoms with Gasteiger partial charge in [-0.1, -0.05) is 12.1 Å². The second-order valence-corrected chi connectivity index (χ2v) is 8.88. The maximum absolute atomic E-state index is 13.0. The third-order valence-electron chi connectivity index (χ3n) is 5.23. The molecule has 26 heavy (non-hydrogen) atoms. The van der Waals surface area contributed by atoms with E-state index in [1.54, 1.807) is 14.0 Å². The van der Waals surface area contributed by atoms with E-state index in [-0.39, 0.29) is 23.0 Å². The van der Waals surface area contributed by atoms with Gasteiger partial charge in [0.1, 0.15) is 10.6 Å². The third-order valence-corrected chi connectivity index (χ3v) is 6.78. The molecule has 4 rings (SSSR count). The number of aliphatic hydroxyl groups is 1. The van der Waals surface area contributed by atoms with Gasteiger partial charge in [-0.25, -0.2) is 13.1 Å². The van der Waals surface area contributed by atoms with Crippen molar-refractivity contribution in [1.29, 1.82) is 0 Å². The van der Waals surface area contributed by atoms with Crippen molar-refractivity contribution in [2.45, 2.75) is 43.2 Å². The Labute approximate surface area is 153 Å². The molecule has 1 aromatic carbocycles. The summed E-state index contributed by atoms with van der Waals surface area (Å²) in [6, 6.07) is 5.46. The van der Waals surface area contributed by atoms with E-state index in [1.165, 1.54) is 10.9 Å². The van der Waals surface area contributed by atoms with Crippen LogP contribution < -0.4 is 9.46 Å². The summed E-state index contributed by atoms with van der Waals surface area (Å²) in [4.78, 5) is 0.189. The van der Waals surface area contributed by atoms with Crippen molar-refractivity contribution in [3.63, 3.8) is 0 Å². The molecule has 0 bridgehead atoms. The lowest BCUT2D eigenvalue weighted by molar-refractivity contribution is 0.0280. The summed E-state index contributed by atoms with van der Waals surface area (Å²) in [6.07, 6.45) is 3.17. The van der Waals surface area contributed by atoms with Crippen LogP contribution in [0, 0.1) is 12.8 Å². The minimum atomic E-state index is -3.72. The first-order valence-electron chi connectivity index (χ1n) is 8.80. The van der Waals surface area contributed by atoms with Crippen LogP contribution >= 0.6 is 0 Å². The highest BCUT2D eigenvalue weighted by molar-refractivity contribution is 7.89. The molecule has 0 spiro atoms. The van der Waals surface area contributed by atoms with Crippen LogP contribution in [0.3, 0.4) is 0 Å². The number of sulfonamides is 1. The summed E-state index contributed by atoms with van der Waals surface area (Å²) in [5.41, 5.74) is 2.48. The first-order chi connectivity index (χ1) is 12.3. The monoisotopic (exact) mass is 377 g/mol. The molecule has 1 fully saturated rings. The molecule has 8 heteroatoms. The van der Waals surface area contributed by atoms with E-state index in [0.717, 1.165) is 23.3 Å². The van der Waals surface area contributed by atoms with Crippen molar-refractivity contribution in [3.05, 3.63) is 41.2 Å². The fraction of sp³-hybridized carbons (Fsp3) is 0.500. The molecule has 1 aliphatic carbocycles. The van der Waals surface area contributed by atoms with Crippen LogP contribution in [0.2, 0.25) is 0 Å². The molecule has 1 aromatic heterocycles. The molecule has 0 amide bonds. The SMILES string of the molecule is Cc1nn(C)cc1S(=O)(=O)N[C@H](c1ccc2c(c1)CCO2)C1CC(O)C1. The number of aryl methyl sites for hydroxylation is 2. The highest BCUT2D eigenvalue weighted by Gasteiger charge is 2.38. The Morgan fingerprint density at radius 3 is 2.81 bits per heavy atom. The van der Waals surface area contributed by atoms with Gasteiger partial charge in [-0.15, -0.1) is 0 Å². The van der Waals surface area contributed by atoms with Crippen LogP contribution in [-0.2, 0) is 23.5 Å². The van der Waals surface area contributed by atoms with E-state index in [2.05, 4.69) is 9.82 Å². The molecular weight excluding hydrogens is 354 g/mol. The van der Waals surface area contributed by atoms with Gasteiger partial charge in [0.05, 0.1) is 18.4 Å². The lowest BCUT2D eigenvalue weighted by Crippen LogP contribution is -2.41. The van der Waals surface area contributed by atoms with E-state index in [0.29, 0.717) is 25.1 Å². The van der Waals surface area contributed by atoms with Crippen molar-refractivity contribution in [2.75, 3.05) is 6.61 Å². The Balaban J connectivity index is 1.67. The molecule has 2 aliphatic rings. The zero-order valence-corrected chi connectivity index (χ0v) is 15.7. The third kappa shape index (κ3) is 3.13. The molecule has 0 unspecified atom stereocenters. The fourth-order valence-corrected chi connectivity index (χ4v) is 5.32. The normalized spacial score (nSPS) is 23.2. The molecule has 0 saturated heterocycles. The summed E-state index contributed by atoms with van der Waals surface area (Å²) in [7, 11) is -2.02. The van der Waals surface area contributed by atoms with Crippen LogP contribution in [-0.4, -0.2) is 36.0 Å². The first kappa shape index (κ1) is 17.5. The van der Waals surface area contributed by atoms with Gasteiger partial charge in [0, 0.05) is 25.7 Å². The Morgan fingerprint density at radius 2 is 2.15 bits per heavy atom. The zero-order valence-electron chi connectivity index (χ0n) is 14.8. The lowest BCUT2D eigenvalue weighted by atomic mass is 9.75. The van der Waals surface area contributed by atoms with Crippen molar-refractivity contribution in [1.82, 2.24) is 14.5 Å². The maximum atomic E-state index is 13.0. The standard InChI is InChI=1S/C18H23N3O4S/c1-11-17(10-21(2)19-11)26(23,24)20-18(14-8-15(22)9-14)13-3-4-16-12(7-13)5-6-25-16/h3-4,7,10,14-15,18,20,22H,5-6,8-9H2,1-2H3/t14?,15?,18-/m1/s1. The second kappa shape index (κ2) is 6.37. The predicted molar refractivity (Wildman–Crippen MR) is 95.4 cm³/mol. The summed E-state index contributed by atoms with van der Waals surface area (Å²) < 4.78 is 35.8. The van der Waals surface area contributed by atoms with E-state index in [4.69, 9.17) is 4.74 Å². The quantitative estimate of drug-likeness (QED) is 0.823. The van der Waals surface area contributed by atoms with Crippen LogP contribution in [0.1, 0.15) is 35.7 Å². The Hall–Kier alpha value is -1.90. The van der Waals surface area contributed by atoms with Gasteiger partial charge in [-0.3, -0.25) is 4.68 Å². The molecule has 2 heterocycles. The maximum Gasteiger partial charge on any atom is 0.244 e. The highest BCUT2D eigenvalue weighted by atomic mass is 32.2. The van der Waals surface area contributed by atoms with Crippen molar-refractivity contribution in [3.8, 4) is 5.75 Å².